The van der Waals surface area contributed by atoms with Crippen LogP contribution in [0.4, 0.5) is 0 Å². The lowest BCUT2D eigenvalue weighted by atomic mass is 9.49. The molecule has 194 valence electrons. The molecule has 1 atom stereocenters. The van der Waals surface area contributed by atoms with Gasteiger partial charge in [-0.05, 0) is 74.7 Å². The van der Waals surface area contributed by atoms with Crippen LogP contribution in [0, 0.1) is 23.2 Å². The van der Waals surface area contributed by atoms with Crippen LogP contribution in [-0.2, 0) is 20.9 Å². The summed E-state index contributed by atoms with van der Waals surface area (Å²) in [7, 11) is 0. The minimum Gasteiger partial charge on any atom is -0.351 e. The lowest BCUT2D eigenvalue weighted by Gasteiger charge is -2.56. The van der Waals surface area contributed by atoms with Crippen LogP contribution in [0.15, 0.2) is 30.3 Å². The van der Waals surface area contributed by atoms with E-state index in [-0.39, 0.29) is 23.3 Å². The molecule has 0 spiro atoms. The highest BCUT2D eigenvalue weighted by Crippen LogP contribution is 2.60. The number of hydrogen-bond donors (Lipinski definition) is 1. The lowest BCUT2D eigenvalue weighted by Crippen LogP contribution is -2.59. The smallest absolute Gasteiger partial charge is 0.245 e. The van der Waals surface area contributed by atoms with Gasteiger partial charge in [0.15, 0.2) is 0 Å². The molecule has 7 nitrogen and oxygen atoms in total. The Balaban J connectivity index is 1.01. The van der Waals surface area contributed by atoms with Crippen LogP contribution in [0.3, 0.4) is 0 Å². The lowest BCUT2D eigenvalue weighted by molar-refractivity contribution is -0.162. The molecule has 6 fully saturated rings. The Hall–Kier alpha value is -2.41. The quantitative estimate of drug-likeness (QED) is 0.663. The fourth-order valence-electron chi connectivity index (χ4n) is 8.34. The number of likely N-dealkylation sites (tertiary alicyclic amines) is 1. The molecule has 2 aliphatic heterocycles. The first-order valence-electron chi connectivity index (χ1n) is 14.1. The molecule has 1 aromatic rings. The zero-order chi connectivity index (χ0) is 24.7. The van der Waals surface area contributed by atoms with Crippen LogP contribution in [0.1, 0.15) is 56.9 Å². The molecule has 6 aliphatic rings. The first kappa shape index (κ1) is 24.0. The van der Waals surface area contributed by atoms with Crippen molar-refractivity contribution in [3.05, 3.63) is 35.9 Å². The van der Waals surface area contributed by atoms with Gasteiger partial charge in [-0.15, -0.1) is 0 Å². The van der Waals surface area contributed by atoms with Gasteiger partial charge in [0.2, 0.25) is 17.7 Å². The molecule has 0 aromatic heterocycles. The van der Waals surface area contributed by atoms with Crippen LogP contribution in [0.25, 0.3) is 0 Å². The third kappa shape index (κ3) is 4.67. The van der Waals surface area contributed by atoms with Gasteiger partial charge in [0.05, 0.1) is 12.0 Å². The Morgan fingerprint density at radius 2 is 1.50 bits per heavy atom. The molecule has 7 heteroatoms. The number of benzene rings is 1. The molecule has 1 unspecified atom stereocenters. The predicted molar refractivity (Wildman–Crippen MR) is 137 cm³/mol. The maximum atomic E-state index is 13.9. The topological polar surface area (TPSA) is 73.0 Å². The fourth-order valence-corrected chi connectivity index (χ4v) is 8.34. The van der Waals surface area contributed by atoms with Gasteiger partial charge in [0.25, 0.3) is 0 Å². The van der Waals surface area contributed by atoms with Gasteiger partial charge >= 0.3 is 0 Å². The monoisotopic (exact) mass is 492 g/mol. The third-order valence-corrected chi connectivity index (χ3v) is 9.67. The van der Waals surface area contributed by atoms with Crippen molar-refractivity contribution in [3.63, 3.8) is 0 Å². The third-order valence-electron chi connectivity index (χ3n) is 9.67. The second kappa shape index (κ2) is 9.81. The van der Waals surface area contributed by atoms with Gasteiger partial charge < -0.3 is 15.1 Å². The summed E-state index contributed by atoms with van der Waals surface area (Å²) in [5.74, 6) is 2.63. The largest absolute Gasteiger partial charge is 0.351 e. The molecule has 0 radical (unpaired) electrons. The second-order valence-corrected chi connectivity index (χ2v) is 12.2. The molecule has 4 saturated carbocycles. The van der Waals surface area contributed by atoms with Crippen LogP contribution in [-0.4, -0.2) is 77.7 Å². The van der Waals surface area contributed by atoms with E-state index in [4.69, 9.17) is 0 Å². The molecule has 4 aliphatic carbocycles. The van der Waals surface area contributed by atoms with Crippen molar-refractivity contribution < 1.29 is 14.4 Å². The van der Waals surface area contributed by atoms with Crippen molar-refractivity contribution in [1.82, 2.24) is 20.0 Å². The van der Waals surface area contributed by atoms with Crippen molar-refractivity contribution in [2.24, 2.45) is 23.2 Å². The first-order valence-corrected chi connectivity index (χ1v) is 14.1. The highest BCUT2D eigenvalue weighted by molar-refractivity contribution is 5.91. The van der Waals surface area contributed by atoms with E-state index in [1.165, 1.54) is 19.3 Å². The van der Waals surface area contributed by atoms with Crippen molar-refractivity contribution in [2.75, 3.05) is 39.3 Å². The summed E-state index contributed by atoms with van der Waals surface area (Å²) >= 11 is 0. The van der Waals surface area contributed by atoms with Crippen LogP contribution in [0.5, 0.6) is 0 Å². The number of hydrogen-bond acceptors (Lipinski definition) is 4. The summed E-state index contributed by atoms with van der Waals surface area (Å²) in [5, 5.41) is 2.99. The van der Waals surface area contributed by atoms with E-state index in [9.17, 15) is 14.4 Å². The van der Waals surface area contributed by atoms with E-state index in [1.54, 1.807) is 0 Å². The summed E-state index contributed by atoms with van der Waals surface area (Å²) in [4.78, 5) is 46.0. The maximum absolute atomic E-state index is 13.9. The molecular formula is C29H40N4O3. The maximum Gasteiger partial charge on any atom is 0.245 e. The summed E-state index contributed by atoms with van der Waals surface area (Å²) in [5.41, 5.74) is 0.911. The van der Waals surface area contributed by atoms with Gasteiger partial charge in [-0.1, -0.05) is 30.3 Å². The Labute approximate surface area is 214 Å². The first-order chi connectivity index (χ1) is 17.5. The van der Waals surface area contributed by atoms with Gasteiger partial charge in [0, 0.05) is 39.3 Å². The standard InChI is InChI=1S/C29H40N4O3/c34-26(30-19-21-5-2-1-3-6-21)20-31-9-11-32(12-10-31)27(35)25-7-4-8-33(25)28(36)29-16-22-13-23(17-29)15-24(14-22)18-29/h1-3,5-6,22-25H,4,7-20H2,(H,30,34). The van der Waals surface area contributed by atoms with Gasteiger partial charge in [-0.25, -0.2) is 0 Å². The number of carbonyl (C=O) groups excluding carboxylic acids is 3. The Bertz CT molecular complexity index is 952. The summed E-state index contributed by atoms with van der Waals surface area (Å²) in [6, 6.07) is 9.64. The normalized spacial score (nSPS) is 33.7. The van der Waals surface area contributed by atoms with Gasteiger partial charge in [-0.3, -0.25) is 19.3 Å². The number of amides is 3. The Kier molecular flexibility index (Phi) is 6.53. The van der Waals surface area contributed by atoms with Crippen molar-refractivity contribution in [1.29, 1.82) is 0 Å². The summed E-state index contributed by atoms with van der Waals surface area (Å²) in [6.07, 6.45) is 8.85. The average molecular weight is 493 g/mol. The highest BCUT2D eigenvalue weighted by atomic mass is 16.2. The van der Waals surface area contributed by atoms with Crippen molar-refractivity contribution in [2.45, 2.75) is 64.0 Å². The van der Waals surface area contributed by atoms with Gasteiger partial charge in [-0.2, -0.15) is 0 Å². The SMILES string of the molecule is O=C(CN1CCN(C(=O)C2CCCN2C(=O)C23CC4CC(CC(C4)C2)C3)CC1)NCc1ccccc1. The van der Waals surface area contributed by atoms with Gasteiger partial charge in [0.1, 0.15) is 6.04 Å². The van der Waals surface area contributed by atoms with Crippen molar-refractivity contribution in [3.8, 4) is 0 Å². The summed E-state index contributed by atoms with van der Waals surface area (Å²) in [6.45, 7) is 4.27. The second-order valence-electron chi connectivity index (χ2n) is 12.2. The zero-order valence-corrected chi connectivity index (χ0v) is 21.4. The molecular weight excluding hydrogens is 452 g/mol. The molecule has 1 aromatic carbocycles. The van der Waals surface area contributed by atoms with E-state index in [2.05, 4.69) is 10.2 Å². The molecule has 1 N–H and O–H groups in total. The predicted octanol–water partition coefficient (Wildman–Crippen LogP) is 2.65. The number of nitrogens with zero attached hydrogens (tertiary/aromatic N) is 3. The van der Waals surface area contributed by atoms with Crippen LogP contribution < -0.4 is 5.32 Å². The highest BCUT2D eigenvalue weighted by Gasteiger charge is 2.57. The number of piperazine rings is 1. The minimum absolute atomic E-state index is 0.0155. The van der Waals surface area contributed by atoms with Crippen LogP contribution >= 0.6 is 0 Å². The minimum atomic E-state index is -0.286. The average Bonchev–Trinajstić information content (AvgIpc) is 3.37. The Morgan fingerprint density at radius 3 is 2.14 bits per heavy atom. The number of nitrogens with one attached hydrogen (secondary N) is 1. The Morgan fingerprint density at radius 1 is 0.861 bits per heavy atom. The van der Waals surface area contributed by atoms with E-state index in [0.717, 1.165) is 62.0 Å². The van der Waals surface area contributed by atoms with E-state index < -0.39 is 0 Å². The molecule has 2 heterocycles. The molecule has 3 amide bonds. The van der Waals surface area contributed by atoms with E-state index >= 15 is 0 Å². The van der Waals surface area contributed by atoms with E-state index in [0.29, 0.717) is 45.2 Å². The fraction of sp³-hybridized carbons (Fsp3) is 0.690. The number of rotatable bonds is 6. The molecule has 2 saturated heterocycles. The summed E-state index contributed by atoms with van der Waals surface area (Å²) < 4.78 is 0. The van der Waals surface area contributed by atoms with E-state index in [1.807, 2.05) is 40.1 Å². The molecule has 7 rings (SSSR count). The number of carbonyl (C=O) groups is 3. The zero-order valence-electron chi connectivity index (χ0n) is 21.4. The molecule has 4 bridgehead atoms. The van der Waals surface area contributed by atoms with Crippen molar-refractivity contribution >= 4 is 17.7 Å². The van der Waals surface area contributed by atoms with Crippen LogP contribution in [0.2, 0.25) is 0 Å². The molecule has 36 heavy (non-hydrogen) atoms.